The van der Waals surface area contributed by atoms with Crippen LogP contribution in [0.4, 0.5) is 0 Å². The highest BCUT2D eigenvalue weighted by Gasteiger charge is 2.11. The van der Waals surface area contributed by atoms with Gasteiger partial charge in [-0.2, -0.15) is 0 Å². The minimum atomic E-state index is 0.625. The van der Waals surface area contributed by atoms with Crippen LogP contribution < -0.4 is 0 Å². The largest absolute Gasteiger partial charge is 0.472 e. The lowest BCUT2D eigenvalue weighted by atomic mass is 10.5. The molecule has 0 saturated heterocycles. The number of hydrogen-bond donors (Lipinski definition) is 0. The van der Waals surface area contributed by atoms with Gasteiger partial charge in [0, 0.05) is 12.4 Å². The Bertz CT molecular complexity index is 218. The number of fused-ring (bicyclic) bond motifs is 1. The van der Waals surface area contributed by atoms with Gasteiger partial charge in [-0.25, -0.2) is 0 Å². The van der Waals surface area contributed by atoms with Crippen LogP contribution in [0.1, 0.15) is 0 Å². The Morgan fingerprint density at radius 1 is 1.40 bits per heavy atom. The first kappa shape index (κ1) is 5.41. The van der Waals surface area contributed by atoms with Crippen LogP contribution in [0, 0.1) is 0 Å². The minimum Gasteiger partial charge on any atom is -0.472 e. The van der Waals surface area contributed by atoms with E-state index in [-0.39, 0.29) is 0 Å². The van der Waals surface area contributed by atoms with E-state index in [2.05, 4.69) is 0 Å². The van der Waals surface area contributed by atoms with Crippen molar-refractivity contribution in [3.63, 3.8) is 0 Å². The predicted octanol–water partition coefficient (Wildman–Crippen LogP) is 1.13. The molecule has 0 unspecified atom stereocenters. The summed E-state index contributed by atoms with van der Waals surface area (Å²) in [4.78, 5) is 1.85. The second-order valence-corrected chi connectivity index (χ2v) is 1.98. The molecule has 52 valence electrons. The van der Waals surface area contributed by atoms with Crippen molar-refractivity contribution in [3.8, 4) is 0 Å². The molecule has 0 fully saturated rings. The molecule has 10 heavy (non-hydrogen) atoms. The maximum Gasteiger partial charge on any atom is 0.234 e. The highest BCUT2D eigenvalue weighted by Crippen LogP contribution is 2.15. The first-order valence-corrected chi connectivity index (χ1v) is 3.07. The summed E-state index contributed by atoms with van der Waals surface area (Å²) in [6.45, 7) is 0.625. The molecule has 3 nitrogen and oxygen atoms in total. The SMILES string of the molecule is C1=CN2C=COC=C2OC1. The lowest BCUT2D eigenvalue weighted by molar-refractivity contribution is 0.142. The molecular weight excluding hydrogens is 130 g/mol. The van der Waals surface area contributed by atoms with Crippen LogP contribution in [0.15, 0.2) is 36.9 Å². The van der Waals surface area contributed by atoms with Gasteiger partial charge in [0.15, 0.2) is 6.26 Å². The van der Waals surface area contributed by atoms with Crippen LogP contribution in [0.2, 0.25) is 0 Å². The molecule has 0 amide bonds. The van der Waals surface area contributed by atoms with Crippen molar-refractivity contribution in [1.29, 1.82) is 0 Å². The molecule has 0 aromatic heterocycles. The molecule has 0 aromatic rings. The van der Waals surface area contributed by atoms with E-state index in [9.17, 15) is 0 Å². The number of ether oxygens (including phenoxy) is 2. The molecule has 3 heteroatoms. The quantitative estimate of drug-likeness (QED) is 0.499. The Balaban J connectivity index is 2.26. The Labute approximate surface area is 58.8 Å². The monoisotopic (exact) mass is 137 g/mol. The summed E-state index contributed by atoms with van der Waals surface area (Å²) in [5.74, 6) is 0.741. The Morgan fingerprint density at radius 2 is 2.40 bits per heavy atom. The van der Waals surface area contributed by atoms with Crippen molar-refractivity contribution < 1.29 is 9.47 Å². The van der Waals surface area contributed by atoms with Crippen LogP contribution in [0.25, 0.3) is 0 Å². The predicted molar refractivity (Wildman–Crippen MR) is 35.2 cm³/mol. The molecule has 2 aliphatic rings. The summed E-state index contributed by atoms with van der Waals surface area (Å²) in [5, 5.41) is 0. The third kappa shape index (κ3) is 0.757. The maximum absolute atomic E-state index is 5.21. The third-order valence-electron chi connectivity index (χ3n) is 1.32. The van der Waals surface area contributed by atoms with E-state index in [1.54, 1.807) is 18.7 Å². The van der Waals surface area contributed by atoms with Crippen molar-refractivity contribution in [1.82, 2.24) is 4.90 Å². The van der Waals surface area contributed by atoms with E-state index in [1.165, 1.54) is 0 Å². The minimum absolute atomic E-state index is 0.625. The number of nitrogens with zero attached hydrogens (tertiary/aromatic N) is 1. The van der Waals surface area contributed by atoms with Crippen LogP contribution >= 0.6 is 0 Å². The van der Waals surface area contributed by atoms with Gasteiger partial charge in [-0.1, -0.05) is 0 Å². The number of hydrogen-bond acceptors (Lipinski definition) is 3. The van der Waals surface area contributed by atoms with E-state index < -0.39 is 0 Å². The number of rotatable bonds is 0. The fourth-order valence-corrected chi connectivity index (χ4v) is 0.854. The van der Waals surface area contributed by atoms with Gasteiger partial charge in [0.2, 0.25) is 5.88 Å². The van der Waals surface area contributed by atoms with Gasteiger partial charge in [0.05, 0.1) is 0 Å². The van der Waals surface area contributed by atoms with E-state index in [4.69, 9.17) is 9.47 Å². The first-order chi connectivity index (χ1) is 4.97. The molecule has 0 atom stereocenters. The summed E-state index contributed by atoms with van der Waals surface area (Å²) in [6, 6.07) is 0. The van der Waals surface area contributed by atoms with Gasteiger partial charge >= 0.3 is 0 Å². The molecule has 0 N–H and O–H groups in total. The average Bonchev–Trinajstić information content (AvgIpc) is 2.05. The van der Waals surface area contributed by atoms with E-state index in [0.29, 0.717) is 6.61 Å². The molecule has 0 saturated carbocycles. The van der Waals surface area contributed by atoms with Gasteiger partial charge < -0.3 is 9.47 Å². The molecule has 0 bridgehead atoms. The fraction of sp³-hybridized carbons (Fsp3) is 0.143. The molecule has 0 aromatic carbocycles. The Morgan fingerprint density at radius 3 is 3.30 bits per heavy atom. The molecule has 2 rings (SSSR count). The van der Waals surface area contributed by atoms with E-state index in [1.807, 2.05) is 17.2 Å². The molecule has 2 heterocycles. The Kier molecular flexibility index (Phi) is 1.13. The smallest absolute Gasteiger partial charge is 0.234 e. The topological polar surface area (TPSA) is 21.7 Å². The molecule has 0 spiro atoms. The van der Waals surface area contributed by atoms with Crippen LogP contribution in [-0.4, -0.2) is 11.5 Å². The second kappa shape index (κ2) is 2.10. The fourth-order valence-electron chi connectivity index (χ4n) is 0.854. The summed E-state index contributed by atoms with van der Waals surface area (Å²) in [7, 11) is 0. The van der Waals surface area contributed by atoms with Crippen molar-refractivity contribution >= 4 is 0 Å². The van der Waals surface area contributed by atoms with E-state index in [0.717, 1.165) is 5.88 Å². The van der Waals surface area contributed by atoms with Gasteiger partial charge in [-0.05, 0) is 6.08 Å². The van der Waals surface area contributed by atoms with Crippen molar-refractivity contribution in [2.75, 3.05) is 6.61 Å². The third-order valence-corrected chi connectivity index (χ3v) is 1.32. The molecule has 0 aliphatic carbocycles. The first-order valence-electron chi connectivity index (χ1n) is 3.07. The summed E-state index contributed by atoms with van der Waals surface area (Å²) in [6.07, 6.45) is 8.85. The van der Waals surface area contributed by atoms with Gasteiger partial charge in [0.25, 0.3) is 0 Å². The van der Waals surface area contributed by atoms with E-state index >= 15 is 0 Å². The van der Waals surface area contributed by atoms with Gasteiger partial charge in [-0.3, -0.25) is 4.90 Å². The summed E-state index contributed by atoms with van der Waals surface area (Å²) in [5.41, 5.74) is 0. The highest BCUT2D eigenvalue weighted by atomic mass is 16.5. The normalized spacial score (nSPS) is 20.8. The van der Waals surface area contributed by atoms with Crippen molar-refractivity contribution in [3.05, 3.63) is 36.9 Å². The summed E-state index contributed by atoms with van der Waals surface area (Å²) >= 11 is 0. The van der Waals surface area contributed by atoms with Crippen molar-refractivity contribution in [2.24, 2.45) is 0 Å². The summed E-state index contributed by atoms with van der Waals surface area (Å²) < 4.78 is 10.1. The maximum atomic E-state index is 5.21. The molecular formula is C7H7NO2. The van der Waals surface area contributed by atoms with Gasteiger partial charge in [0.1, 0.15) is 12.9 Å². The lowest BCUT2D eigenvalue weighted by Crippen LogP contribution is -2.18. The average molecular weight is 137 g/mol. The van der Waals surface area contributed by atoms with Crippen LogP contribution in [-0.2, 0) is 9.47 Å². The second-order valence-electron chi connectivity index (χ2n) is 1.98. The zero-order valence-corrected chi connectivity index (χ0v) is 5.36. The van der Waals surface area contributed by atoms with Crippen LogP contribution in [0.5, 0.6) is 0 Å². The Hall–Kier alpha value is -1.38. The molecule has 0 radical (unpaired) electrons. The van der Waals surface area contributed by atoms with Gasteiger partial charge in [-0.15, -0.1) is 0 Å². The zero-order valence-electron chi connectivity index (χ0n) is 5.36. The van der Waals surface area contributed by atoms with Crippen molar-refractivity contribution in [2.45, 2.75) is 0 Å². The highest BCUT2D eigenvalue weighted by molar-refractivity contribution is 5.09. The molecule has 2 aliphatic heterocycles. The zero-order chi connectivity index (χ0) is 6.81. The van der Waals surface area contributed by atoms with Crippen LogP contribution in [0.3, 0.4) is 0 Å². The standard InChI is InChI=1S/C7H7NO2/c1-2-8-3-5-9-6-7(8)10-4-1/h1-3,5-6H,4H2. The lowest BCUT2D eigenvalue weighted by Gasteiger charge is -2.24.